The van der Waals surface area contributed by atoms with Gasteiger partial charge in [0.1, 0.15) is 0 Å². The van der Waals surface area contributed by atoms with Gasteiger partial charge in [-0.05, 0) is 13.8 Å². The van der Waals surface area contributed by atoms with E-state index in [0.29, 0.717) is 37.5 Å². The van der Waals surface area contributed by atoms with Crippen LogP contribution in [0.2, 0.25) is 0 Å². The van der Waals surface area contributed by atoms with Crippen molar-refractivity contribution in [2.24, 2.45) is 9.98 Å². The van der Waals surface area contributed by atoms with Crippen LogP contribution in [0.25, 0.3) is 0 Å². The van der Waals surface area contributed by atoms with Crippen molar-refractivity contribution in [3.63, 3.8) is 0 Å². The Labute approximate surface area is 113 Å². The van der Waals surface area contributed by atoms with E-state index in [-0.39, 0.29) is 17.1 Å². The first-order valence-electron chi connectivity index (χ1n) is 5.44. The van der Waals surface area contributed by atoms with Crippen LogP contribution in [0.15, 0.2) is 9.98 Å². The Morgan fingerprint density at radius 3 is 1.29 bits per heavy atom. The third-order valence-corrected chi connectivity index (χ3v) is 1.89. The topological polar surface area (TPSA) is 67.5 Å². The zero-order valence-electron chi connectivity index (χ0n) is 10.9. The van der Waals surface area contributed by atoms with Gasteiger partial charge in [0, 0.05) is 42.3 Å². The minimum atomic E-state index is 0. The van der Waals surface area contributed by atoms with E-state index in [2.05, 4.69) is 9.98 Å². The number of nitrogens with zero attached hydrogens (tertiary/aromatic N) is 2. The van der Waals surface area contributed by atoms with Gasteiger partial charge in [-0.1, -0.05) is 0 Å². The Balaban J connectivity index is 0. The fourth-order valence-electron chi connectivity index (χ4n) is 1.33. The van der Waals surface area contributed by atoms with E-state index in [4.69, 9.17) is 9.59 Å². The summed E-state index contributed by atoms with van der Waals surface area (Å²) in [5, 5.41) is 0. The Morgan fingerprint density at radius 1 is 0.765 bits per heavy atom. The molecule has 0 fully saturated rings. The van der Waals surface area contributed by atoms with E-state index in [0.717, 1.165) is 11.4 Å². The molecule has 17 heavy (non-hydrogen) atoms. The molecule has 5 heteroatoms. The van der Waals surface area contributed by atoms with Crippen molar-refractivity contribution in [3.05, 3.63) is 0 Å². The molecule has 0 aliphatic rings. The SMILES string of the molecule is CC(=[OH+])CC(C)=NCCN=C(C)CC(C)=[OH+].[Cu]. The molecule has 0 bridgehead atoms. The first-order valence-corrected chi connectivity index (χ1v) is 5.44. The number of ketones is 2. The summed E-state index contributed by atoms with van der Waals surface area (Å²) in [6, 6.07) is 0. The Hall–Kier alpha value is -0.801. The first-order chi connectivity index (χ1) is 7.41. The molecule has 0 aliphatic heterocycles. The molecular weight excluding hydrogens is 268 g/mol. The summed E-state index contributed by atoms with van der Waals surface area (Å²) in [6.45, 7) is 8.37. The molecule has 4 nitrogen and oxygen atoms in total. The van der Waals surface area contributed by atoms with E-state index < -0.39 is 0 Å². The van der Waals surface area contributed by atoms with Crippen molar-refractivity contribution < 1.29 is 26.7 Å². The summed E-state index contributed by atoms with van der Waals surface area (Å²) in [7, 11) is 0. The summed E-state index contributed by atoms with van der Waals surface area (Å²) in [4.78, 5) is 26.6. The maximum atomic E-state index is 9.04. The van der Waals surface area contributed by atoms with Crippen molar-refractivity contribution in [2.45, 2.75) is 40.5 Å². The van der Waals surface area contributed by atoms with Crippen LogP contribution in [-0.2, 0) is 17.1 Å². The number of hydrogen-bond acceptors (Lipinski definition) is 2. The molecule has 0 amide bonds. The number of rotatable bonds is 7. The zero-order chi connectivity index (χ0) is 12.6. The molecule has 0 atom stereocenters. The summed E-state index contributed by atoms with van der Waals surface area (Å²) in [5.74, 6) is 0.762. The molecule has 0 spiro atoms. The monoisotopic (exact) mass is 289 g/mol. The van der Waals surface area contributed by atoms with Gasteiger partial charge in [-0.25, -0.2) is 0 Å². The Kier molecular flexibility index (Phi) is 11.3. The van der Waals surface area contributed by atoms with Gasteiger partial charge < -0.3 is 0 Å². The summed E-state index contributed by atoms with van der Waals surface area (Å²) < 4.78 is 0. The van der Waals surface area contributed by atoms with Crippen LogP contribution in [-0.4, -0.2) is 45.7 Å². The third-order valence-electron chi connectivity index (χ3n) is 1.89. The molecular formula is C12H22CuN2O2+2. The minimum absolute atomic E-state index is 0. The van der Waals surface area contributed by atoms with Gasteiger partial charge in [0.2, 0.25) is 0 Å². The fraction of sp³-hybridized carbons (Fsp3) is 0.667. The van der Waals surface area contributed by atoms with Crippen LogP contribution in [0.3, 0.4) is 0 Å². The smallest absolute Gasteiger partial charge is 0.292 e. The van der Waals surface area contributed by atoms with Gasteiger partial charge in [0.25, 0.3) is 11.6 Å². The number of carbonyl (C=O) groups excluding carboxylic acids is 2. The predicted molar refractivity (Wildman–Crippen MR) is 70.4 cm³/mol. The maximum absolute atomic E-state index is 9.04. The molecule has 0 rings (SSSR count). The van der Waals surface area contributed by atoms with Crippen molar-refractivity contribution in [2.75, 3.05) is 13.1 Å². The third kappa shape index (κ3) is 13.1. The summed E-state index contributed by atoms with van der Waals surface area (Å²) >= 11 is 0. The molecule has 1 radical (unpaired) electrons. The molecule has 0 aromatic heterocycles. The van der Waals surface area contributed by atoms with E-state index in [1.165, 1.54) is 0 Å². The van der Waals surface area contributed by atoms with Crippen LogP contribution in [0.5, 0.6) is 0 Å². The van der Waals surface area contributed by atoms with E-state index in [9.17, 15) is 0 Å². The van der Waals surface area contributed by atoms with E-state index in [1.807, 2.05) is 13.8 Å². The molecule has 0 aliphatic carbocycles. The van der Waals surface area contributed by atoms with Crippen LogP contribution in [0, 0.1) is 0 Å². The Morgan fingerprint density at radius 2 is 1.06 bits per heavy atom. The molecule has 0 aromatic carbocycles. The van der Waals surface area contributed by atoms with Gasteiger partial charge in [0.15, 0.2) is 0 Å². The van der Waals surface area contributed by atoms with Crippen LogP contribution < -0.4 is 0 Å². The maximum Gasteiger partial charge on any atom is 0.295 e. The average molecular weight is 290 g/mol. The first kappa shape index (κ1) is 18.6. The minimum Gasteiger partial charge on any atom is -0.292 e. The van der Waals surface area contributed by atoms with Gasteiger partial charge in [-0.15, -0.1) is 0 Å². The standard InChI is InChI=1S/C12H20N2O2.Cu/c1-9(7-11(3)15)13-5-6-14-10(2)8-12(4)16;/h5-8H2,1-4H3;/p+2. The van der Waals surface area contributed by atoms with Crippen LogP contribution in [0.1, 0.15) is 40.5 Å². The summed E-state index contributed by atoms with van der Waals surface area (Å²) in [6.07, 6.45) is 1.07. The normalized spacial score (nSPS) is 12.0. The molecule has 0 aromatic rings. The van der Waals surface area contributed by atoms with Gasteiger partial charge in [-0.3, -0.25) is 19.6 Å². The zero-order valence-corrected chi connectivity index (χ0v) is 11.9. The molecule has 0 unspecified atom stereocenters. The largest absolute Gasteiger partial charge is 0.295 e. The average Bonchev–Trinajstić information content (AvgIpc) is 2.10. The van der Waals surface area contributed by atoms with Crippen molar-refractivity contribution in [1.82, 2.24) is 0 Å². The second-order valence-electron chi connectivity index (χ2n) is 4.06. The van der Waals surface area contributed by atoms with Crippen molar-refractivity contribution >= 4 is 23.0 Å². The van der Waals surface area contributed by atoms with Crippen molar-refractivity contribution in [1.29, 1.82) is 0 Å². The van der Waals surface area contributed by atoms with Gasteiger partial charge >= 0.3 is 0 Å². The molecule has 0 saturated carbocycles. The van der Waals surface area contributed by atoms with Crippen molar-refractivity contribution in [3.8, 4) is 0 Å². The Bertz CT molecular complexity index is 290. The van der Waals surface area contributed by atoms with E-state index >= 15 is 0 Å². The molecule has 2 N–H and O–H groups in total. The van der Waals surface area contributed by atoms with Crippen LogP contribution in [0.4, 0.5) is 0 Å². The molecule has 101 valence electrons. The predicted octanol–water partition coefficient (Wildman–Crippen LogP) is 1.82. The second kappa shape index (κ2) is 10.4. The molecule has 0 saturated heterocycles. The summed E-state index contributed by atoms with van der Waals surface area (Å²) in [5.41, 5.74) is 1.83. The number of aliphatic imine (C=N–C) groups is 2. The quantitative estimate of drug-likeness (QED) is 0.297. The number of hydrogen-bond donors (Lipinski definition) is 0. The van der Waals surface area contributed by atoms with Crippen LogP contribution >= 0.6 is 0 Å². The van der Waals surface area contributed by atoms with Gasteiger partial charge in [-0.2, -0.15) is 0 Å². The fourth-order valence-corrected chi connectivity index (χ4v) is 1.33. The van der Waals surface area contributed by atoms with E-state index in [1.54, 1.807) is 13.8 Å². The molecule has 0 heterocycles. The van der Waals surface area contributed by atoms with Gasteiger partial charge in [0.05, 0.1) is 25.9 Å². The second-order valence-corrected chi connectivity index (χ2v) is 4.06.